The number of rotatable bonds is 5. The molecule has 2 aromatic rings. The molecule has 7 nitrogen and oxygen atoms in total. The number of sulfonamides is 1. The Balaban J connectivity index is 1.28. The highest BCUT2D eigenvalue weighted by atomic mass is 32.2. The minimum atomic E-state index is -3.56. The second-order valence-corrected chi connectivity index (χ2v) is 10.2. The summed E-state index contributed by atoms with van der Waals surface area (Å²) in [6.45, 7) is 0.654. The van der Waals surface area contributed by atoms with E-state index in [0.29, 0.717) is 4.88 Å². The summed E-state index contributed by atoms with van der Waals surface area (Å²) in [5.41, 5.74) is 1.21. The molecule has 0 spiro atoms. The molecular formula is C20H22N2O5S2. The zero-order valence-corrected chi connectivity index (χ0v) is 17.5. The number of hydrogen-bond donors (Lipinski definition) is 0. The van der Waals surface area contributed by atoms with Gasteiger partial charge in [0.1, 0.15) is 4.88 Å². The molecule has 4 rings (SSSR count). The van der Waals surface area contributed by atoms with Crippen LogP contribution in [0.15, 0.2) is 41.3 Å². The first-order valence-corrected chi connectivity index (χ1v) is 11.8. The Bertz CT molecular complexity index is 987. The van der Waals surface area contributed by atoms with E-state index in [-0.39, 0.29) is 43.6 Å². The summed E-state index contributed by atoms with van der Waals surface area (Å²) in [5, 5.41) is 0. The number of hydrogen-bond acceptors (Lipinski definition) is 6. The third-order valence-electron chi connectivity index (χ3n) is 5.25. The molecule has 154 valence electrons. The molecule has 1 aliphatic carbocycles. The minimum Gasteiger partial charge on any atom is -0.451 e. The molecule has 0 atom stereocenters. The molecule has 0 N–H and O–H groups in total. The zero-order chi connectivity index (χ0) is 20.4. The van der Waals surface area contributed by atoms with E-state index in [9.17, 15) is 18.0 Å². The lowest BCUT2D eigenvalue weighted by Gasteiger charge is -2.33. The summed E-state index contributed by atoms with van der Waals surface area (Å²) in [7, 11) is -3.56. The number of carbonyl (C=O) groups excluding carboxylic acids is 2. The molecule has 1 aliphatic heterocycles. The molecule has 1 saturated heterocycles. The average Bonchev–Trinajstić information content (AvgIpc) is 3.35. The molecule has 1 amide bonds. The summed E-state index contributed by atoms with van der Waals surface area (Å²) in [5.74, 6) is -0.776. The number of aryl methyl sites for hydroxylation is 2. The van der Waals surface area contributed by atoms with Gasteiger partial charge in [0.05, 0.1) is 4.90 Å². The quantitative estimate of drug-likeness (QED) is 0.672. The largest absolute Gasteiger partial charge is 0.451 e. The number of fused-ring (bicyclic) bond motifs is 1. The molecule has 0 radical (unpaired) electrons. The van der Waals surface area contributed by atoms with Crippen molar-refractivity contribution in [2.24, 2.45) is 0 Å². The van der Waals surface area contributed by atoms with Crippen LogP contribution in [0, 0.1) is 0 Å². The van der Waals surface area contributed by atoms with Crippen LogP contribution in [0.3, 0.4) is 0 Å². The van der Waals surface area contributed by atoms with E-state index in [4.69, 9.17) is 4.74 Å². The Labute approximate surface area is 173 Å². The molecule has 0 bridgehead atoms. The summed E-state index contributed by atoms with van der Waals surface area (Å²) in [4.78, 5) is 28.2. The first kappa shape index (κ1) is 20.1. The first-order valence-electron chi connectivity index (χ1n) is 9.57. The second kappa shape index (κ2) is 8.25. The fourth-order valence-electron chi connectivity index (χ4n) is 3.64. The van der Waals surface area contributed by atoms with Gasteiger partial charge in [-0.2, -0.15) is 4.31 Å². The number of nitrogens with zero attached hydrogens (tertiary/aromatic N) is 2. The maximum Gasteiger partial charge on any atom is 0.348 e. The van der Waals surface area contributed by atoms with Gasteiger partial charge in [-0.05, 0) is 43.0 Å². The number of carbonyl (C=O) groups is 2. The van der Waals surface area contributed by atoms with Gasteiger partial charge in [-0.3, -0.25) is 4.79 Å². The Kier molecular flexibility index (Phi) is 5.71. The SMILES string of the molecule is O=C(OCC(=O)N1CCN(S(=O)(=O)c2ccccc2)CC1)c1cc2c(s1)CCC2. The molecular weight excluding hydrogens is 412 g/mol. The molecule has 0 saturated carbocycles. The van der Waals surface area contributed by atoms with Gasteiger partial charge in [0.2, 0.25) is 10.0 Å². The van der Waals surface area contributed by atoms with Crippen molar-refractivity contribution in [1.29, 1.82) is 0 Å². The van der Waals surface area contributed by atoms with Crippen LogP contribution in [0.5, 0.6) is 0 Å². The van der Waals surface area contributed by atoms with E-state index in [1.165, 1.54) is 26.1 Å². The van der Waals surface area contributed by atoms with E-state index in [0.717, 1.165) is 19.3 Å². The van der Waals surface area contributed by atoms with Crippen molar-refractivity contribution in [3.05, 3.63) is 51.7 Å². The predicted octanol–water partition coefficient (Wildman–Crippen LogP) is 1.93. The van der Waals surface area contributed by atoms with Crippen LogP contribution in [-0.4, -0.2) is 62.3 Å². The van der Waals surface area contributed by atoms with Crippen LogP contribution >= 0.6 is 11.3 Å². The normalized spacial score (nSPS) is 17.2. The molecule has 2 aliphatic rings. The van der Waals surface area contributed by atoms with Crippen molar-refractivity contribution in [2.45, 2.75) is 24.2 Å². The van der Waals surface area contributed by atoms with E-state index < -0.39 is 16.0 Å². The van der Waals surface area contributed by atoms with Crippen molar-refractivity contribution in [2.75, 3.05) is 32.8 Å². The molecule has 1 aromatic carbocycles. The van der Waals surface area contributed by atoms with Gasteiger partial charge < -0.3 is 9.64 Å². The van der Waals surface area contributed by atoms with Crippen molar-refractivity contribution >= 4 is 33.2 Å². The number of ether oxygens (including phenoxy) is 1. The highest BCUT2D eigenvalue weighted by Gasteiger charge is 2.30. The lowest BCUT2D eigenvalue weighted by molar-refractivity contribution is -0.135. The fourth-order valence-corrected chi connectivity index (χ4v) is 6.23. The summed E-state index contributed by atoms with van der Waals surface area (Å²) in [6, 6.07) is 10.1. The van der Waals surface area contributed by atoms with Gasteiger partial charge in [-0.1, -0.05) is 18.2 Å². The number of benzene rings is 1. The number of thiophene rings is 1. The third-order valence-corrected chi connectivity index (χ3v) is 8.38. The second-order valence-electron chi connectivity index (χ2n) is 7.09. The van der Waals surface area contributed by atoms with Crippen LogP contribution in [0.4, 0.5) is 0 Å². The van der Waals surface area contributed by atoms with E-state index >= 15 is 0 Å². The highest BCUT2D eigenvalue weighted by Crippen LogP contribution is 2.30. The monoisotopic (exact) mass is 434 g/mol. The number of esters is 1. The molecule has 1 fully saturated rings. The van der Waals surface area contributed by atoms with Gasteiger partial charge in [0.25, 0.3) is 5.91 Å². The van der Waals surface area contributed by atoms with Crippen LogP contribution in [0.25, 0.3) is 0 Å². The van der Waals surface area contributed by atoms with Crippen LogP contribution in [0.2, 0.25) is 0 Å². The number of amides is 1. The predicted molar refractivity (Wildman–Crippen MR) is 108 cm³/mol. The van der Waals surface area contributed by atoms with Gasteiger partial charge in [0.15, 0.2) is 6.61 Å². The fraction of sp³-hybridized carbons (Fsp3) is 0.400. The van der Waals surface area contributed by atoms with Crippen molar-refractivity contribution in [3.8, 4) is 0 Å². The molecule has 9 heteroatoms. The average molecular weight is 435 g/mol. The molecule has 2 heterocycles. The molecule has 0 unspecified atom stereocenters. The zero-order valence-electron chi connectivity index (χ0n) is 15.9. The van der Waals surface area contributed by atoms with E-state index in [1.54, 1.807) is 35.2 Å². The maximum atomic E-state index is 12.6. The summed E-state index contributed by atoms with van der Waals surface area (Å²) < 4.78 is 31.9. The van der Waals surface area contributed by atoms with E-state index in [2.05, 4.69) is 0 Å². The maximum absolute atomic E-state index is 12.6. The Hall–Kier alpha value is -2.23. The Morgan fingerprint density at radius 2 is 1.76 bits per heavy atom. The first-order chi connectivity index (χ1) is 13.9. The highest BCUT2D eigenvalue weighted by molar-refractivity contribution is 7.89. The van der Waals surface area contributed by atoms with Crippen molar-refractivity contribution in [3.63, 3.8) is 0 Å². The minimum absolute atomic E-state index is 0.217. The summed E-state index contributed by atoms with van der Waals surface area (Å²) in [6.07, 6.45) is 3.12. The Morgan fingerprint density at radius 1 is 1.03 bits per heavy atom. The third kappa shape index (κ3) is 4.22. The van der Waals surface area contributed by atoms with Gasteiger partial charge >= 0.3 is 5.97 Å². The molecule has 29 heavy (non-hydrogen) atoms. The smallest absolute Gasteiger partial charge is 0.348 e. The Morgan fingerprint density at radius 3 is 2.45 bits per heavy atom. The standard InChI is InChI=1S/C20H22N2O5S2/c23-19(14-27-20(24)18-13-15-5-4-8-17(15)28-18)21-9-11-22(12-10-21)29(25,26)16-6-2-1-3-7-16/h1-3,6-7,13H,4-5,8-12,14H2. The van der Waals surface area contributed by atoms with E-state index in [1.807, 2.05) is 6.07 Å². The van der Waals surface area contributed by atoms with Crippen molar-refractivity contribution in [1.82, 2.24) is 9.21 Å². The van der Waals surface area contributed by atoms with Gasteiger partial charge in [-0.15, -0.1) is 11.3 Å². The lowest BCUT2D eigenvalue weighted by atomic mass is 10.2. The molecule has 1 aromatic heterocycles. The van der Waals surface area contributed by atoms with Gasteiger partial charge in [0, 0.05) is 31.1 Å². The number of piperazine rings is 1. The van der Waals surface area contributed by atoms with Crippen LogP contribution in [0.1, 0.15) is 26.5 Å². The topological polar surface area (TPSA) is 84.0 Å². The van der Waals surface area contributed by atoms with Crippen LogP contribution in [-0.2, 0) is 32.4 Å². The van der Waals surface area contributed by atoms with Gasteiger partial charge in [-0.25, -0.2) is 13.2 Å². The van der Waals surface area contributed by atoms with Crippen LogP contribution < -0.4 is 0 Å². The summed E-state index contributed by atoms with van der Waals surface area (Å²) >= 11 is 1.45. The lowest BCUT2D eigenvalue weighted by Crippen LogP contribution is -2.51. The van der Waals surface area contributed by atoms with Crippen molar-refractivity contribution < 1.29 is 22.7 Å².